The molecule has 0 aliphatic heterocycles. The minimum Gasteiger partial charge on any atom is -0.497 e. The highest BCUT2D eigenvalue weighted by Gasteiger charge is 2.26. The van der Waals surface area contributed by atoms with Crippen LogP contribution in [0.2, 0.25) is 0 Å². The van der Waals surface area contributed by atoms with Crippen molar-refractivity contribution in [2.24, 2.45) is 0 Å². The van der Waals surface area contributed by atoms with Crippen LogP contribution in [0.5, 0.6) is 5.75 Å². The van der Waals surface area contributed by atoms with Gasteiger partial charge in [-0.2, -0.15) is 0 Å². The van der Waals surface area contributed by atoms with Gasteiger partial charge in [-0.3, -0.25) is 9.36 Å². The fourth-order valence-electron chi connectivity index (χ4n) is 3.61. The Morgan fingerprint density at radius 2 is 1.89 bits per heavy atom. The van der Waals surface area contributed by atoms with E-state index in [1.807, 2.05) is 24.3 Å². The first kappa shape index (κ1) is 18.3. The number of rotatable bonds is 7. The first-order valence-corrected chi connectivity index (χ1v) is 10.7. The highest BCUT2D eigenvalue weighted by molar-refractivity contribution is 7.99. The van der Waals surface area contributed by atoms with Crippen LogP contribution in [0.4, 0.5) is 0 Å². The maximum absolute atomic E-state index is 12.1. The topological polar surface area (TPSA) is 69.0 Å². The van der Waals surface area contributed by atoms with Gasteiger partial charge in [-0.15, -0.1) is 10.2 Å². The molecule has 2 aromatic rings. The number of nitrogens with one attached hydrogen (secondary N) is 1. The Balaban J connectivity index is 1.57. The molecule has 1 heterocycles. The summed E-state index contributed by atoms with van der Waals surface area (Å²) in [6.45, 7) is 0. The van der Waals surface area contributed by atoms with E-state index in [1.54, 1.807) is 7.11 Å². The fraction of sp³-hybridized carbons (Fsp3) is 0.550. The van der Waals surface area contributed by atoms with Gasteiger partial charge in [-0.1, -0.05) is 31.0 Å². The van der Waals surface area contributed by atoms with Crippen molar-refractivity contribution in [2.75, 3.05) is 12.9 Å². The Labute approximate surface area is 164 Å². The van der Waals surface area contributed by atoms with E-state index in [2.05, 4.69) is 20.1 Å². The van der Waals surface area contributed by atoms with Gasteiger partial charge in [0.05, 0.1) is 12.9 Å². The molecule has 6 nitrogen and oxygen atoms in total. The summed E-state index contributed by atoms with van der Waals surface area (Å²) in [6.07, 6.45) is 8.26. The Kier molecular flexibility index (Phi) is 5.66. The highest BCUT2D eigenvalue weighted by atomic mass is 32.2. The lowest BCUT2D eigenvalue weighted by Gasteiger charge is -2.25. The molecule has 0 bridgehead atoms. The molecular formula is C20H26N4O2S. The van der Waals surface area contributed by atoms with Crippen molar-refractivity contribution in [1.29, 1.82) is 0 Å². The lowest BCUT2D eigenvalue weighted by molar-refractivity contribution is -0.118. The molecule has 1 N–H and O–H groups in total. The smallest absolute Gasteiger partial charge is 0.230 e. The van der Waals surface area contributed by atoms with Crippen molar-refractivity contribution in [3.8, 4) is 17.1 Å². The molecule has 0 unspecified atom stereocenters. The maximum atomic E-state index is 12.1. The van der Waals surface area contributed by atoms with Gasteiger partial charge in [0.15, 0.2) is 11.0 Å². The molecule has 2 aliphatic rings. The number of methoxy groups -OCH3 is 1. The van der Waals surface area contributed by atoms with E-state index in [-0.39, 0.29) is 5.91 Å². The van der Waals surface area contributed by atoms with Crippen LogP contribution in [-0.4, -0.2) is 39.6 Å². The third kappa shape index (κ3) is 4.46. The minimum atomic E-state index is 0.0895. The molecule has 4 rings (SSSR count). The van der Waals surface area contributed by atoms with Crippen molar-refractivity contribution < 1.29 is 9.53 Å². The van der Waals surface area contributed by atoms with Gasteiger partial charge in [-0.05, 0) is 49.9 Å². The maximum Gasteiger partial charge on any atom is 0.230 e. The lowest BCUT2D eigenvalue weighted by Crippen LogP contribution is -2.27. The molecule has 0 atom stereocenters. The minimum absolute atomic E-state index is 0.0895. The number of carbonyl (C=O) groups is 1. The molecule has 144 valence electrons. The van der Waals surface area contributed by atoms with Crippen molar-refractivity contribution in [3.05, 3.63) is 24.3 Å². The third-order valence-corrected chi connectivity index (χ3v) is 6.17. The van der Waals surface area contributed by atoms with Crippen molar-refractivity contribution in [3.63, 3.8) is 0 Å². The fourth-order valence-corrected chi connectivity index (χ4v) is 4.42. The first-order valence-electron chi connectivity index (χ1n) is 9.76. The van der Waals surface area contributed by atoms with E-state index in [0.29, 0.717) is 17.8 Å². The van der Waals surface area contributed by atoms with Crippen molar-refractivity contribution in [1.82, 2.24) is 20.1 Å². The quantitative estimate of drug-likeness (QED) is 0.733. The van der Waals surface area contributed by atoms with Crippen LogP contribution in [0.1, 0.15) is 51.0 Å². The second-order valence-electron chi connectivity index (χ2n) is 7.33. The van der Waals surface area contributed by atoms with Gasteiger partial charge < -0.3 is 10.1 Å². The number of amides is 1. The molecular weight excluding hydrogens is 360 g/mol. The van der Waals surface area contributed by atoms with Gasteiger partial charge in [-0.25, -0.2) is 0 Å². The van der Waals surface area contributed by atoms with Crippen LogP contribution in [0.25, 0.3) is 11.4 Å². The molecule has 2 saturated carbocycles. The number of benzene rings is 1. The second-order valence-corrected chi connectivity index (χ2v) is 8.27. The molecule has 7 heteroatoms. The number of hydrogen-bond acceptors (Lipinski definition) is 5. The molecule has 2 fully saturated rings. The third-order valence-electron chi connectivity index (χ3n) is 5.23. The van der Waals surface area contributed by atoms with Gasteiger partial charge in [0, 0.05) is 17.6 Å². The van der Waals surface area contributed by atoms with Gasteiger partial charge in [0.1, 0.15) is 5.75 Å². The number of hydrogen-bond donors (Lipinski definition) is 1. The van der Waals surface area contributed by atoms with E-state index < -0.39 is 0 Å². The van der Waals surface area contributed by atoms with Crippen LogP contribution in [0, 0.1) is 0 Å². The van der Waals surface area contributed by atoms with E-state index in [1.165, 1.54) is 31.0 Å². The number of ether oxygens (including phenoxy) is 1. The highest BCUT2D eigenvalue weighted by Crippen LogP contribution is 2.36. The number of nitrogens with zero attached hydrogens (tertiary/aromatic N) is 3. The summed E-state index contributed by atoms with van der Waals surface area (Å²) in [4.78, 5) is 12.1. The summed E-state index contributed by atoms with van der Waals surface area (Å²) in [5.41, 5.74) is 1.03. The Bertz CT molecular complexity index is 780. The van der Waals surface area contributed by atoms with Gasteiger partial charge in [0.25, 0.3) is 0 Å². The number of aromatic nitrogens is 3. The molecule has 1 amide bonds. The van der Waals surface area contributed by atoms with Crippen LogP contribution in [-0.2, 0) is 4.79 Å². The number of carbonyl (C=O) groups excluding carboxylic acids is 1. The standard InChI is InChI=1S/C20H26N4O2S/c1-26-17-11-7-14(8-12-17)19-22-23-20(24(19)16-5-3-2-4-6-16)27-13-18(25)21-15-9-10-15/h7-8,11-12,15-16H,2-6,9-10,13H2,1H3,(H,21,25). The second kappa shape index (κ2) is 8.33. The molecule has 1 aromatic carbocycles. The molecule has 27 heavy (non-hydrogen) atoms. The monoisotopic (exact) mass is 386 g/mol. The number of thioether (sulfide) groups is 1. The molecule has 1 aromatic heterocycles. The van der Waals surface area contributed by atoms with Crippen molar-refractivity contribution >= 4 is 17.7 Å². The summed E-state index contributed by atoms with van der Waals surface area (Å²) in [5.74, 6) is 2.19. The molecule has 0 spiro atoms. The summed E-state index contributed by atoms with van der Waals surface area (Å²) < 4.78 is 7.53. The predicted octanol–water partition coefficient (Wildman–Crippen LogP) is 3.83. The Morgan fingerprint density at radius 3 is 2.56 bits per heavy atom. The normalized spacial score (nSPS) is 17.7. The molecule has 0 saturated heterocycles. The predicted molar refractivity (Wildman–Crippen MR) is 106 cm³/mol. The first-order chi connectivity index (χ1) is 13.2. The molecule has 0 radical (unpaired) electrons. The van der Waals surface area contributed by atoms with Crippen LogP contribution in [0.3, 0.4) is 0 Å². The zero-order valence-electron chi connectivity index (χ0n) is 15.7. The lowest BCUT2D eigenvalue weighted by atomic mass is 9.95. The van der Waals surface area contributed by atoms with Crippen LogP contribution < -0.4 is 10.1 Å². The van der Waals surface area contributed by atoms with Crippen LogP contribution >= 0.6 is 11.8 Å². The largest absolute Gasteiger partial charge is 0.497 e. The Morgan fingerprint density at radius 1 is 1.15 bits per heavy atom. The molecule has 2 aliphatic carbocycles. The Hall–Kier alpha value is -2.02. The summed E-state index contributed by atoms with van der Waals surface area (Å²) >= 11 is 1.49. The zero-order chi connectivity index (χ0) is 18.6. The van der Waals surface area contributed by atoms with E-state index in [9.17, 15) is 4.79 Å². The summed E-state index contributed by atoms with van der Waals surface area (Å²) in [5, 5.41) is 12.8. The summed E-state index contributed by atoms with van der Waals surface area (Å²) in [7, 11) is 1.67. The average Bonchev–Trinajstić information content (AvgIpc) is 3.42. The summed E-state index contributed by atoms with van der Waals surface area (Å²) in [6, 6.07) is 8.74. The zero-order valence-corrected chi connectivity index (χ0v) is 16.5. The van der Waals surface area contributed by atoms with E-state index >= 15 is 0 Å². The van der Waals surface area contributed by atoms with Crippen molar-refractivity contribution in [2.45, 2.75) is 62.2 Å². The SMILES string of the molecule is COc1ccc(-c2nnc(SCC(=O)NC3CC3)n2C2CCCCC2)cc1. The van der Waals surface area contributed by atoms with E-state index in [4.69, 9.17) is 4.74 Å². The van der Waals surface area contributed by atoms with E-state index in [0.717, 1.165) is 48.0 Å². The van der Waals surface area contributed by atoms with Gasteiger partial charge in [0.2, 0.25) is 5.91 Å². The average molecular weight is 387 g/mol. The van der Waals surface area contributed by atoms with Crippen LogP contribution in [0.15, 0.2) is 29.4 Å². The van der Waals surface area contributed by atoms with Gasteiger partial charge >= 0.3 is 0 Å².